The Balaban J connectivity index is 1.77. The largest absolute Gasteiger partial charge is 0.507 e. The van der Waals surface area contributed by atoms with Crippen LogP contribution in [0.5, 0.6) is 11.5 Å². The van der Waals surface area contributed by atoms with Crippen molar-refractivity contribution in [2.45, 2.75) is 18.9 Å². The Labute approximate surface area is 117 Å². The van der Waals surface area contributed by atoms with Gasteiger partial charge in [0.15, 0.2) is 0 Å². The number of nitrogens with zero attached hydrogens (tertiary/aromatic N) is 1. The molecule has 1 aliphatic carbocycles. The molecule has 2 N–H and O–H groups in total. The molecule has 1 heterocycles. The maximum absolute atomic E-state index is 12.4. The highest BCUT2D eigenvalue weighted by Gasteiger charge is 2.43. The van der Waals surface area contributed by atoms with Crippen LogP contribution >= 0.6 is 0 Å². The van der Waals surface area contributed by atoms with Crippen LogP contribution in [-0.4, -0.2) is 47.3 Å². The second kappa shape index (κ2) is 4.98. The minimum Gasteiger partial charge on any atom is -0.507 e. The van der Waals surface area contributed by atoms with E-state index < -0.39 is 0 Å². The highest BCUT2D eigenvalue weighted by Crippen LogP contribution is 2.39. The third-order valence-electron chi connectivity index (χ3n) is 4.54. The van der Waals surface area contributed by atoms with Crippen molar-refractivity contribution in [2.24, 2.45) is 11.8 Å². The van der Waals surface area contributed by atoms with Gasteiger partial charge in [-0.1, -0.05) is 0 Å². The first-order valence-electron chi connectivity index (χ1n) is 6.94. The van der Waals surface area contributed by atoms with E-state index in [0.29, 0.717) is 30.3 Å². The molecule has 108 valence electrons. The van der Waals surface area contributed by atoms with Crippen LogP contribution in [0.3, 0.4) is 0 Å². The number of fused-ring (bicyclic) bond motifs is 1. The number of hydrogen-bond acceptors (Lipinski definition) is 4. The lowest BCUT2D eigenvalue weighted by Crippen LogP contribution is -2.31. The van der Waals surface area contributed by atoms with Crippen LogP contribution in [-0.2, 0) is 0 Å². The average molecular weight is 277 g/mol. The fourth-order valence-corrected chi connectivity index (χ4v) is 3.39. The van der Waals surface area contributed by atoms with Gasteiger partial charge in [-0.2, -0.15) is 0 Å². The van der Waals surface area contributed by atoms with Gasteiger partial charge >= 0.3 is 0 Å². The van der Waals surface area contributed by atoms with Crippen LogP contribution in [0.15, 0.2) is 18.2 Å². The van der Waals surface area contributed by atoms with Gasteiger partial charge in [0, 0.05) is 25.1 Å². The third-order valence-corrected chi connectivity index (χ3v) is 4.54. The zero-order valence-corrected chi connectivity index (χ0v) is 11.5. The van der Waals surface area contributed by atoms with Gasteiger partial charge in [0.25, 0.3) is 5.91 Å². The molecule has 0 spiro atoms. The maximum Gasteiger partial charge on any atom is 0.257 e. The lowest BCUT2D eigenvalue weighted by molar-refractivity contribution is 0.0749. The maximum atomic E-state index is 12.4. The van der Waals surface area contributed by atoms with Crippen LogP contribution in [0.2, 0.25) is 0 Å². The Morgan fingerprint density at radius 3 is 2.80 bits per heavy atom. The van der Waals surface area contributed by atoms with Crippen molar-refractivity contribution in [1.82, 2.24) is 4.90 Å². The molecular formula is C15H19NO4. The Bertz CT molecular complexity index is 531. The van der Waals surface area contributed by atoms with Crippen LogP contribution in [0.25, 0.3) is 0 Å². The summed E-state index contributed by atoms with van der Waals surface area (Å²) < 4.78 is 5.01. The molecule has 5 nitrogen and oxygen atoms in total. The molecule has 2 aliphatic rings. The van der Waals surface area contributed by atoms with Crippen molar-refractivity contribution in [3.05, 3.63) is 23.8 Å². The van der Waals surface area contributed by atoms with E-state index >= 15 is 0 Å². The fourth-order valence-electron chi connectivity index (χ4n) is 3.39. The van der Waals surface area contributed by atoms with E-state index in [4.69, 9.17) is 4.74 Å². The number of hydrogen-bond donors (Lipinski definition) is 2. The van der Waals surface area contributed by atoms with E-state index in [1.54, 1.807) is 17.0 Å². The smallest absolute Gasteiger partial charge is 0.257 e. The number of rotatable bonds is 2. The molecule has 1 aromatic carbocycles. The summed E-state index contributed by atoms with van der Waals surface area (Å²) in [5.74, 6) is 0.875. The Hall–Kier alpha value is -1.75. The van der Waals surface area contributed by atoms with Crippen molar-refractivity contribution in [3.8, 4) is 11.5 Å². The van der Waals surface area contributed by atoms with E-state index in [1.807, 2.05) is 0 Å². The van der Waals surface area contributed by atoms with Gasteiger partial charge in [0.05, 0.1) is 18.8 Å². The number of carbonyl (C=O) groups excluding carboxylic acids is 1. The van der Waals surface area contributed by atoms with Gasteiger partial charge in [0.1, 0.15) is 11.5 Å². The van der Waals surface area contributed by atoms with Gasteiger partial charge in [-0.15, -0.1) is 0 Å². The van der Waals surface area contributed by atoms with Gasteiger partial charge in [0.2, 0.25) is 0 Å². The summed E-state index contributed by atoms with van der Waals surface area (Å²) in [6.45, 7) is 1.25. The summed E-state index contributed by atoms with van der Waals surface area (Å²) in [5, 5.41) is 19.8. The molecule has 3 rings (SSSR count). The van der Waals surface area contributed by atoms with E-state index in [9.17, 15) is 15.0 Å². The highest BCUT2D eigenvalue weighted by molar-refractivity contribution is 5.97. The van der Waals surface area contributed by atoms with Gasteiger partial charge in [-0.3, -0.25) is 4.79 Å². The molecule has 20 heavy (non-hydrogen) atoms. The van der Waals surface area contributed by atoms with Gasteiger partial charge in [-0.25, -0.2) is 0 Å². The molecule has 5 heteroatoms. The van der Waals surface area contributed by atoms with Gasteiger partial charge < -0.3 is 19.8 Å². The zero-order chi connectivity index (χ0) is 14.3. The van der Waals surface area contributed by atoms with Crippen LogP contribution in [0, 0.1) is 11.8 Å². The number of benzene rings is 1. The molecule has 1 amide bonds. The first kappa shape index (κ1) is 13.2. The molecule has 0 radical (unpaired) electrons. The molecule has 3 unspecified atom stereocenters. The average Bonchev–Trinajstić information content (AvgIpc) is 3.00. The number of aliphatic hydroxyl groups excluding tert-OH is 1. The number of phenolic OH excluding ortho intramolecular Hbond substituents is 1. The molecular weight excluding hydrogens is 258 g/mol. The van der Waals surface area contributed by atoms with E-state index in [-0.39, 0.29) is 23.7 Å². The molecule has 2 fully saturated rings. The molecule has 1 saturated heterocycles. The van der Waals surface area contributed by atoms with Crippen molar-refractivity contribution in [3.63, 3.8) is 0 Å². The van der Waals surface area contributed by atoms with Crippen LogP contribution < -0.4 is 4.74 Å². The van der Waals surface area contributed by atoms with Crippen molar-refractivity contribution >= 4 is 5.91 Å². The molecule has 1 aliphatic heterocycles. The number of aromatic hydroxyl groups is 1. The third kappa shape index (κ3) is 2.12. The summed E-state index contributed by atoms with van der Waals surface area (Å²) in [4.78, 5) is 14.2. The lowest BCUT2D eigenvalue weighted by Gasteiger charge is -2.19. The number of phenols is 1. The topological polar surface area (TPSA) is 70.0 Å². The molecule has 1 aromatic rings. The minimum atomic E-state index is -0.290. The van der Waals surface area contributed by atoms with Crippen LogP contribution in [0.4, 0.5) is 0 Å². The normalized spacial score (nSPS) is 28.5. The zero-order valence-electron chi connectivity index (χ0n) is 11.5. The summed E-state index contributed by atoms with van der Waals surface area (Å²) in [5.41, 5.74) is 0.292. The summed E-state index contributed by atoms with van der Waals surface area (Å²) >= 11 is 0. The summed E-state index contributed by atoms with van der Waals surface area (Å²) in [7, 11) is 1.51. The second-order valence-corrected chi connectivity index (χ2v) is 5.66. The van der Waals surface area contributed by atoms with E-state index in [2.05, 4.69) is 0 Å². The number of aliphatic hydroxyl groups is 1. The Kier molecular flexibility index (Phi) is 3.30. The summed E-state index contributed by atoms with van der Waals surface area (Å²) in [6, 6.07) is 4.69. The highest BCUT2D eigenvalue weighted by atomic mass is 16.5. The SMILES string of the molecule is COc1ccc(C(=O)N2CC3CCC(O)C3C2)c(O)c1. The van der Waals surface area contributed by atoms with Gasteiger partial charge in [-0.05, 0) is 30.9 Å². The molecule has 1 saturated carbocycles. The molecule has 0 aromatic heterocycles. The first-order valence-corrected chi connectivity index (χ1v) is 6.94. The molecule has 0 bridgehead atoms. The Morgan fingerprint density at radius 2 is 2.15 bits per heavy atom. The summed E-state index contributed by atoms with van der Waals surface area (Å²) in [6.07, 6.45) is 1.53. The fraction of sp³-hybridized carbons (Fsp3) is 0.533. The Morgan fingerprint density at radius 1 is 1.35 bits per heavy atom. The predicted molar refractivity (Wildman–Crippen MR) is 72.8 cm³/mol. The number of carbonyl (C=O) groups is 1. The number of likely N-dealkylation sites (tertiary alicyclic amines) is 1. The quantitative estimate of drug-likeness (QED) is 0.853. The number of methoxy groups -OCH3 is 1. The lowest BCUT2D eigenvalue weighted by atomic mass is 10.00. The van der Waals surface area contributed by atoms with E-state index in [0.717, 1.165) is 12.8 Å². The monoisotopic (exact) mass is 277 g/mol. The number of ether oxygens (including phenoxy) is 1. The van der Waals surface area contributed by atoms with Crippen molar-refractivity contribution in [2.75, 3.05) is 20.2 Å². The van der Waals surface area contributed by atoms with E-state index in [1.165, 1.54) is 13.2 Å². The van der Waals surface area contributed by atoms with Crippen molar-refractivity contribution < 1.29 is 19.7 Å². The van der Waals surface area contributed by atoms with Crippen molar-refractivity contribution in [1.29, 1.82) is 0 Å². The predicted octanol–water partition coefficient (Wildman–Crippen LogP) is 1.24. The second-order valence-electron chi connectivity index (χ2n) is 5.66. The number of amides is 1. The standard InChI is InChI=1S/C15H19NO4/c1-20-10-3-4-11(14(18)6-10)15(19)16-7-9-2-5-13(17)12(9)8-16/h3-4,6,9,12-13,17-18H,2,5,7-8H2,1H3. The van der Waals surface area contributed by atoms with Crippen LogP contribution in [0.1, 0.15) is 23.2 Å². The minimum absolute atomic E-state index is 0.0630. The first-order chi connectivity index (χ1) is 9.60. The molecule has 3 atom stereocenters.